The zero-order chi connectivity index (χ0) is 22.5. The number of hydrogen-bond acceptors (Lipinski definition) is 6. The van der Waals surface area contributed by atoms with Crippen LogP contribution in [0, 0.1) is 12.7 Å². The van der Waals surface area contributed by atoms with Gasteiger partial charge in [0.25, 0.3) is 0 Å². The number of ether oxygens (including phenoxy) is 2. The molecule has 0 amide bonds. The fraction of sp³-hybridized carbons (Fsp3) is 0.261. The fourth-order valence-electron chi connectivity index (χ4n) is 3.12. The Morgan fingerprint density at radius 2 is 1.77 bits per heavy atom. The van der Waals surface area contributed by atoms with Crippen LogP contribution in [0.4, 0.5) is 4.39 Å². The maximum atomic E-state index is 13.3. The molecule has 0 fully saturated rings. The normalized spacial score (nSPS) is 11.8. The molecule has 0 aliphatic heterocycles. The van der Waals surface area contributed by atoms with Gasteiger partial charge in [-0.05, 0) is 62.7 Å². The molecule has 7 nitrogen and oxygen atoms in total. The lowest BCUT2D eigenvalue weighted by atomic mass is 10.0. The van der Waals surface area contributed by atoms with Gasteiger partial charge in [0.1, 0.15) is 11.6 Å². The van der Waals surface area contributed by atoms with Crippen molar-refractivity contribution in [2.24, 2.45) is 12.2 Å². The van der Waals surface area contributed by atoms with E-state index in [0.717, 1.165) is 0 Å². The summed E-state index contributed by atoms with van der Waals surface area (Å²) in [6.07, 6.45) is -0.894. The van der Waals surface area contributed by atoms with Crippen LogP contribution in [0.2, 0.25) is 0 Å². The number of rotatable bonds is 8. The van der Waals surface area contributed by atoms with Crippen molar-refractivity contribution in [3.63, 3.8) is 0 Å². The molecule has 1 atom stereocenters. The number of oxime groups is 1. The predicted molar refractivity (Wildman–Crippen MR) is 114 cm³/mol. The lowest BCUT2D eigenvalue weighted by molar-refractivity contribution is 0.0377. The van der Waals surface area contributed by atoms with Crippen molar-refractivity contribution in [1.29, 1.82) is 0 Å². The molecule has 8 heteroatoms. The van der Waals surface area contributed by atoms with Crippen LogP contribution in [0.25, 0.3) is 0 Å². The van der Waals surface area contributed by atoms with Gasteiger partial charge in [0.2, 0.25) is 5.88 Å². The highest BCUT2D eigenvalue weighted by molar-refractivity contribution is 5.89. The molecule has 0 aliphatic rings. The number of carbonyl (C=O) groups is 1. The molecule has 1 aromatic heterocycles. The van der Waals surface area contributed by atoms with Crippen molar-refractivity contribution < 1.29 is 23.5 Å². The Morgan fingerprint density at radius 1 is 1.13 bits per heavy atom. The Labute approximate surface area is 180 Å². The molecular weight excluding hydrogens is 401 g/mol. The van der Waals surface area contributed by atoms with Gasteiger partial charge in [-0.15, -0.1) is 5.16 Å². The quantitative estimate of drug-likeness (QED) is 0.290. The number of aryl methyl sites for hydroxylation is 2. The zero-order valence-electron chi connectivity index (χ0n) is 17.8. The lowest BCUT2D eigenvalue weighted by Crippen LogP contribution is -2.12. The summed E-state index contributed by atoms with van der Waals surface area (Å²) in [6, 6.07) is 12.5. The molecule has 0 radical (unpaired) electrons. The SMILES string of the molecule is C=NOC(c1ccc(C(=O)OC(C)C)cc1)c1c(C)nn(C)c1Oc1ccc(F)cc1. The summed E-state index contributed by atoms with van der Waals surface area (Å²) >= 11 is 0. The lowest BCUT2D eigenvalue weighted by Gasteiger charge is -2.18. The first kappa shape index (κ1) is 22.0. The summed E-state index contributed by atoms with van der Waals surface area (Å²) in [5, 5.41) is 8.05. The summed E-state index contributed by atoms with van der Waals surface area (Å²) in [5.41, 5.74) is 2.44. The third-order valence-electron chi connectivity index (χ3n) is 4.48. The summed E-state index contributed by atoms with van der Waals surface area (Å²) < 4.78 is 26.0. The van der Waals surface area contributed by atoms with Crippen molar-refractivity contribution in [1.82, 2.24) is 9.78 Å². The summed E-state index contributed by atoms with van der Waals surface area (Å²) in [7, 11) is 1.73. The van der Waals surface area contributed by atoms with Crippen LogP contribution in [0.3, 0.4) is 0 Å². The smallest absolute Gasteiger partial charge is 0.338 e. The Kier molecular flexibility index (Phi) is 6.69. The second-order valence-electron chi connectivity index (χ2n) is 7.17. The van der Waals surface area contributed by atoms with Gasteiger partial charge in [-0.3, -0.25) is 0 Å². The van der Waals surface area contributed by atoms with E-state index in [4.69, 9.17) is 14.3 Å². The molecule has 162 valence electrons. The van der Waals surface area contributed by atoms with Crippen LogP contribution in [0.5, 0.6) is 11.6 Å². The monoisotopic (exact) mass is 425 g/mol. The fourth-order valence-corrected chi connectivity index (χ4v) is 3.12. The molecule has 0 saturated heterocycles. The van der Waals surface area contributed by atoms with E-state index >= 15 is 0 Å². The van der Waals surface area contributed by atoms with Gasteiger partial charge in [-0.2, -0.15) is 5.10 Å². The van der Waals surface area contributed by atoms with Crippen molar-refractivity contribution >= 4 is 12.7 Å². The van der Waals surface area contributed by atoms with Crippen LogP contribution in [-0.4, -0.2) is 28.6 Å². The average molecular weight is 425 g/mol. The summed E-state index contributed by atoms with van der Waals surface area (Å²) in [6.45, 7) is 8.84. The van der Waals surface area contributed by atoms with Gasteiger partial charge in [0.05, 0.1) is 22.9 Å². The topological polar surface area (TPSA) is 74.9 Å². The predicted octanol–water partition coefficient (Wildman–Crippen LogP) is 4.95. The molecule has 2 aromatic carbocycles. The van der Waals surface area contributed by atoms with E-state index in [2.05, 4.69) is 17.0 Å². The van der Waals surface area contributed by atoms with E-state index in [0.29, 0.717) is 34.0 Å². The minimum absolute atomic E-state index is 0.211. The van der Waals surface area contributed by atoms with Gasteiger partial charge in [-0.1, -0.05) is 12.1 Å². The van der Waals surface area contributed by atoms with Crippen molar-refractivity contribution in [2.45, 2.75) is 33.0 Å². The van der Waals surface area contributed by atoms with E-state index < -0.39 is 12.1 Å². The standard InChI is InChI=1S/C23H24FN3O4/c1-14(2)29-23(28)17-8-6-16(7-9-17)21(31-25-4)20-15(3)26-27(5)22(20)30-19-12-10-18(24)11-13-19/h6-14,21H,4H2,1-3,5H3. The highest BCUT2D eigenvalue weighted by atomic mass is 19.1. The largest absolute Gasteiger partial charge is 0.459 e. The number of esters is 1. The molecule has 31 heavy (non-hydrogen) atoms. The highest BCUT2D eigenvalue weighted by Crippen LogP contribution is 2.37. The Balaban J connectivity index is 1.97. The molecule has 3 rings (SSSR count). The average Bonchev–Trinajstić information content (AvgIpc) is 3.00. The third kappa shape index (κ3) is 5.09. The third-order valence-corrected chi connectivity index (χ3v) is 4.48. The number of carbonyl (C=O) groups excluding carboxylic acids is 1. The number of halogens is 1. The van der Waals surface area contributed by atoms with E-state index in [1.165, 1.54) is 24.3 Å². The maximum absolute atomic E-state index is 13.3. The van der Waals surface area contributed by atoms with Gasteiger partial charge < -0.3 is 14.3 Å². The zero-order valence-corrected chi connectivity index (χ0v) is 17.8. The first-order valence-electron chi connectivity index (χ1n) is 9.69. The number of aromatic nitrogens is 2. The summed E-state index contributed by atoms with van der Waals surface area (Å²) in [4.78, 5) is 17.7. The van der Waals surface area contributed by atoms with Crippen LogP contribution in [-0.2, 0) is 16.6 Å². The molecule has 0 bridgehead atoms. The van der Waals surface area contributed by atoms with Crippen LogP contribution < -0.4 is 4.74 Å². The second-order valence-corrected chi connectivity index (χ2v) is 7.17. The maximum Gasteiger partial charge on any atom is 0.338 e. The van der Waals surface area contributed by atoms with Crippen LogP contribution in [0.15, 0.2) is 53.7 Å². The highest BCUT2D eigenvalue weighted by Gasteiger charge is 2.28. The molecule has 0 N–H and O–H groups in total. The minimum Gasteiger partial charge on any atom is -0.459 e. The van der Waals surface area contributed by atoms with Gasteiger partial charge in [-0.25, -0.2) is 13.9 Å². The van der Waals surface area contributed by atoms with E-state index in [9.17, 15) is 9.18 Å². The van der Waals surface area contributed by atoms with Gasteiger partial charge in [0.15, 0.2) is 6.10 Å². The van der Waals surface area contributed by atoms with E-state index in [1.54, 1.807) is 49.8 Å². The first-order chi connectivity index (χ1) is 14.8. The molecule has 3 aromatic rings. The molecule has 1 heterocycles. The minimum atomic E-state index is -0.684. The van der Waals surface area contributed by atoms with Crippen molar-refractivity contribution in [3.05, 3.63) is 76.7 Å². The molecular formula is C23H24FN3O4. The Hall–Kier alpha value is -3.68. The first-order valence-corrected chi connectivity index (χ1v) is 9.69. The number of nitrogens with zero attached hydrogens (tertiary/aromatic N) is 3. The van der Waals surface area contributed by atoms with Crippen molar-refractivity contribution in [3.8, 4) is 11.6 Å². The van der Waals surface area contributed by atoms with Crippen molar-refractivity contribution in [2.75, 3.05) is 0 Å². The van der Waals surface area contributed by atoms with Gasteiger partial charge in [0, 0.05) is 13.8 Å². The van der Waals surface area contributed by atoms with Gasteiger partial charge >= 0.3 is 5.97 Å². The van der Waals surface area contributed by atoms with Crippen LogP contribution >= 0.6 is 0 Å². The summed E-state index contributed by atoms with van der Waals surface area (Å²) in [5.74, 6) is 0.101. The molecule has 0 saturated carbocycles. The second kappa shape index (κ2) is 9.42. The number of benzene rings is 2. The van der Waals surface area contributed by atoms with E-state index in [-0.39, 0.29) is 11.9 Å². The van der Waals surface area contributed by atoms with E-state index in [1.807, 2.05) is 6.92 Å². The molecule has 0 aliphatic carbocycles. The molecule has 1 unspecified atom stereocenters. The number of hydrogen-bond donors (Lipinski definition) is 0. The Morgan fingerprint density at radius 3 is 2.35 bits per heavy atom. The van der Waals surface area contributed by atoms with Crippen LogP contribution in [0.1, 0.15) is 47.1 Å². The molecule has 0 spiro atoms. The Bertz CT molecular complexity index is 1060.